The van der Waals surface area contributed by atoms with Gasteiger partial charge in [-0.3, -0.25) is 4.79 Å². The van der Waals surface area contributed by atoms with E-state index < -0.39 is 0 Å². The molecule has 0 aliphatic rings. The number of hydrogen-bond acceptors (Lipinski definition) is 2. The molecule has 0 saturated carbocycles. The second-order valence-electron chi connectivity index (χ2n) is 2.22. The fraction of sp³-hybridized carbons (Fsp3) is 0.125. The van der Waals surface area contributed by atoms with Crippen LogP contribution in [0.5, 0.6) is 0 Å². The molecule has 0 amide bonds. The van der Waals surface area contributed by atoms with Crippen LogP contribution in [-0.2, 0) is 0 Å². The molecular formula is C8H7BrO2. The summed E-state index contributed by atoms with van der Waals surface area (Å²) in [5.74, 6) is -0.0920. The lowest BCUT2D eigenvalue weighted by molar-refractivity contribution is 0.103. The summed E-state index contributed by atoms with van der Waals surface area (Å²) in [4.78, 5) is 11.2. The fourth-order valence-corrected chi connectivity index (χ4v) is 1.11. The van der Waals surface area contributed by atoms with Crippen molar-refractivity contribution in [3.63, 3.8) is 0 Å². The van der Waals surface area contributed by atoms with Gasteiger partial charge in [-0.2, -0.15) is 0 Å². The van der Waals surface area contributed by atoms with Gasteiger partial charge >= 0.3 is 0 Å². The number of carbonyl (C=O) groups excluding carboxylic acids is 1. The van der Waals surface area contributed by atoms with Crippen LogP contribution in [0.3, 0.4) is 0 Å². The molecule has 0 spiro atoms. The molecule has 0 fully saturated rings. The number of ketones is 1. The van der Waals surface area contributed by atoms with Gasteiger partial charge in [0.15, 0.2) is 10.5 Å². The summed E-state index contributed by atoms with van der Waals surface area (Å²) in [6.07, 6.45) is 1.46. The molecule has 1 heterocycles. The van der Waals surface area contributed by atoms with Crippen LogP contribution in [0.4, 0.5) is 0 Å². The zero-order chi connectivity index (χ0) is 8.43. The highest BCUT2D eigenvalue weighted by Gasteiger charge is 2.12. The van der Waals surface area contributed by atoms with Gasteiger partial charge in [0.1, 0.15) is 0 Å². The molecule has 1 aromatic heterocycles. The minimum atomic E-state index is -0.0920. The molecule has 0 saturated heterocycles. The Labute approximate surface area is 73.0 Å². The number of Topliss-reactive ketones (excluding diaryl/α,β-unsaturated/α-hetero) is 1. The smallest absolute Gasteiger partial charge is 0.192 e. The summed E-state index contributed by atoms with van der Waals surface area (Å²) in [7, 11) is 0. The number of rotatable bonds is 2. The Kier molecular flexibility index (Phi) is 2.29. The molecule has 0 aromatic carbocycles. The summed E-state index contributed by atoms with van der Waals surface area (Å²) < 4.78 is 5.35. The van der Waals surface area contributed by atoms with Crippen molar-refractivity contribution < 1.29 is 9.21 Å². The largest absolute Gasteiger partial charge is 0.457 e. The molecule has 0 aliphatic heterocycles. The number of furan rings is 1. The van der Waals surface area contributed by atoms with Crippen LogP contribution in [0, 0.1) is 0 Å². The first-order valence-corrected chi connectivity index (χ1v) is 3.85. The maximum atomic E-state index is 11.2. The molecular weight excluding hydrogens is 208 g/mol. The van der Waals surface area contributed by atoms with Gasteiger partial charge in [-0.15, -0.1) is 0 Å². The topological polar surface area (TPSA) is 30.2 Å². The van der Waals surface area contributed by atoms with Gasteiger partial charge in [-0.1, -0.05) is 6.58 Å². The second-order valence-corrected chi connectivity index (χ2v) is 2.94. The van der Waals surface area contributed by atoms with Gasteiger partial charge in [-0.25, -0.2) is 0 Å². The van der Waals surface area contributed by atoms with E-state index >= 15 is 0 Å². The number of allylic oxidation sites excluding steroid dienone is 1. The number of hydrogen-bond donors (Lipinski definition) is 0. The first-order valence-electron chi connectivity index (χ1n) is 3.06. The standard InChI is InChI=1S/C8H7BrO2/c1-5(2)7(10)6-3-4-11-8(6)9/h3-4H,1H2,2H3. The zero-order valence-electron chi connectivity index (χ0n) is 6.06. The predicted octanol–water partition coefficient (Wildman–Crippen LogP) is 2.80. The maximum absolute atomic E-state index is 11.2. The van der Waals surface area contributed by atoms with E-state index in [9.17, 15) is 4.79 Å². The number of halogens is 1. The van der Waals surface area contributed by atoms with Crippen molar-refractivity contribution in [3.8, 4) is 0 Å². The first-order chi connectivity index (χ1) is 5.13. The molecule has 58 valence electrons. The lowest BCUT2D eigenvalue weighted by Gasteiger charge is -1.93. The minimum absolute atomic E-state index is 0.0920. The summed E-state index contributed by atoms with van der Waals surface area (Å²) >= 11 is 3.11. The third kappa shape index (κ3) is 1.60. The van der Waals surface area contributed by atoms with Crippen LogP contribution in [0.15, 0.2) is 33.6 Å². The van der Waals surface area contributed by atoms with E-state index in [1.165, 1.54) is 6.26 Å². The van der Waals surface area contributed by atoms with Crippen LogP contribution in [0.1, 0.15) is 17.3 Å². The van der Waals surface area contributed by atoms with Gasteiger partial charge in [-0.05, 0) is 34.5 Å². The average Bonchev–Trinajstić information content (AvgIpc) is 2.33. The highest BCUT2D eigenvalue weighted by Crippen LogP contribution is 2.19. The van der Waals surface area contributed by atoms with E-state index in [4.69, 9.17) is 4.42 Å². The maximum Gasteiger partial charge on any atom is 0.192 e. The minimum Gasteiger partial charge on any atom is -0.457 e. The molecule has 2 nitrogen and oxygen atoms in total. The molecule has 11 heavy (non-hydrogen) atoms. The SMILES string of the molecule is C=C(C)C(=O)c1ccoc1Br. The first kappa shape index (κ1) is 8.27. The molecule has 3 heteroatoms. The van der Waals surface area contributed by atoms with E-state index in [1.807, 2.05) is 0 Å². The van der Waals surface area contributed by atoms with E-state index in [0.29, 0.717) is 15.8 Å². The van der Waals surface area contributed by atoms with Crippen molar-refractivity contribution >= 4 is 21.7 Å². The molecule has 0 radical (unpaired) electrons. The summed E-state index contributed by atoms with van der Waals surface area (Å²) in [5.41, 5.74) is 1.03. The molecule has 1 aromatic rings. The highest BCUT2D eigenvalue weighted by molar-refractivity contribution is 9.10. The van der Waals surface area contributed by atoms with Crippen molar-refractivity contribution in [3.05, 3.63) is 34.7 Å². The Hall–Kier alpha value is -0.830. The third-order valence-electron chi connectivity index (χ3n) is 1.25. The lowest BCUT2D eigenvalue weighted by atomic mass is 10.1. The predicted molar refractivity (Wildman–Crippen MR) is 45.6 cm³/mol. The Morgan fingerprint density at radius 3 is 2.73 bits per heavy atom. The summed E-state index contributed by atoms with van der Waals surface area (Å²) in [6, 6.07) is 1.61. The Morgan fingerprint density at radius 1 is 1.73 bits per heavy atom. The van der Waals surface area contributed by atoms with E-state index in [1.54, 1.807) is 13.0 Å². The monoisotopic (exact) mass is 214 g/mol. The van der Waals surface area contributed by atoms with Crippen LogP contribution in [-0.4, -0.2) is 5.78 Å². The Balaban J connectivity index is 3.02. The van der Waals surface area contributed by atoms with Crippen molar-refractivity contribution in [1.29, 1.82) is 0 Å². The van der Waals surface area contributed by atoms with Gasteiger partial charge in [0.25, 0.3) is 0 Å². The van der Waals surface area contributed by atoms with Gasteiger partial charge in [0, 0.05) is 0 Å². The average molecular weight is 215 g/mol. The highest BCUT2D eigenvalue weighted by atomic mass is 79.9. The Bertz CT molecular complexity index is 299. The van der Waals surface area contributed by atoms with Gasteiger partial charge in [0.05, 0.1) is 11.8 Å². The molecule has 0 bridgehead atoms. The molecule has 0 aliphatic carbocycles. The third-order valence-corrected chi connectivity index (χ3v) is 1.86. The van der Waals surface area contributed by atoms with Crippen molar-refractivity contribution in [2.45, 2.75) is 6.92 Å². The van der Waals surface area contributed by atoms with E-state index in [0.717, 1.165) is 0 Å². The van der Waals surface area contributed by atoms with Crippen LogP contribution in [0.25, 0.3) is 0 Å². The van der Waals surface area contributed by atoms with Crippen molar-refractivity contribution in [1.82, 2.24) is 0 Å². The zero-order valence-corrected chi connectivity index (χ0v) is 7.64. The molecule has 1 rings (SSSR count). The Morgan fingerprint density at radius 2 is 2.36 bits per heavy atom. The van der Waals surface area contributed by atoms with Gasteiger partial charge in [0.2, 0.25) is 0 Å². The normalized spacial score (nSPS) is 9.64. The van der Waals surface area contributed by atoms with Crippen LogP contribution < -0.4 is 0 Å². The van der Waals surface area contributed by atoms with Crippen LogP contribution >= 0.6 is 15.9 Å². The molecule has 0 atom stereocenters. The summed E-state index contributed by atoms with van der Waals surface area (Å²) in [5, 5.41) is 0. The molecule has 0 unspecified atom stereocenters. The fourth-order valence-electron chi connectivity index (χ4n) is 0.686. The van der Waals surface area contributed by atoms with Gasteiger partial charge < -0.3 is 4.42 Å². The van der Waals surface area contributed by atoms with E-state index in [2.05, 4.69) is 22.5 Å². The second kappa shape index (κ2) is 3.05. The van der Waals surface area contributed by atoms with E-state index in [-0.39, 0.29) is 5.78 Å². The molecule has 0 N–H and O–H groups in total. The number of carbonyl (C=O) groups is 1. The van der Waals surface area contributed by atoms with Crippen molar-refractivity contribution in [2.24, 2.45) is 0 Å². The quantitative estimate of drug-likeness (QED) is 0.560. The van der Waals surface area contributed by atoms with Crippen molar-refractivity contribution in [2.75, 3.05) is 0 Å². The lowest BCUT2D eigenvalue weighted by Crippen LogP contribution is -1.97. The van der Waals surface area contributed by atoms with Crippen LogP contribution in [0.2, 0.25) is 0 Å². The summed E-state index contributed by atoms with van der Waals surface area (Å²) in [6.45, 7) is 5.21.